The number of phenolic OH excluding ortho intramolecular Hbond substituents is 1. The van der Waals surface area contributed by atoms with Crippen LogP contribution < -0.4 is 0 Å². The van der Waals surface area contributed by atoms with Gasteiger partial charge >= 0.3 is 0 Å². The van der Waals surface area contributed by atoms with Crippen molar-refractivity contribution < 1.29 is 18.6 Å². The van der Waals surface area contributed by atoms with Gasteiger partial charge in [-0.15, -0.1) is 0 Å². The van der Waals surface area contributed by atoms with Gasteiger partial charge in [-0.2, -0.15) is 0 Å². The molecule has 0 amide bonds. The second-order valence-corrected chi connectivity index (χ2v) is 6.08. The molecule has 0 spiro atoms. The topological polar surface area (TPSA) is 74.6 Å². The maximum atomic E-state index is 11.8. The summed E-state index contributed by atoms with van der Waals surface area (Å²) < 4.78 is 23.5. The monoisotopic (exact) mass is 240 g/mol. The number of hydrogen-bond donors (Lipinski definition) is 2. The molecule has 0 saturated heterocycles. The fourth-order valence-electron chi connectivity index (χ4n) is 1.73. The molecular formula is C11H12O4S. The summed E-state index contributed by atoms with van der Waals surface area (Å²) in [6, 6.07) is 4.01. The Balaban J connectivity index is 2.77. The Kier molecular flexibility index (Phi) is 2.15. The molecule has 2 N–H and O–H groups in total. The Morgan fingerprint density at radius 1 is 1.25 bits per heavy atom. The fourth-order valence-corrected chi connectivity index (χ4v) is 3.32. The lowest BCUT2D eigenvalue weighted by Gasteiger charge is -2.19. The molecular weight excluding hydrogens is 228 g/mol. The molecule has 0 aromatic heterocycles. The van der Waals surface area contributed by atoms with Gasteiger partial charge in [0.15, 0.2) is 0 Å². The van der Waals surface area contributed by atoms with Crippen LogP contribution in [-0.2, 0) is 9.84 Å². The van der Waals surface area contributed by atoms with Gasteiger partial charge in [-0.1, -0.05) is 0 Å². The Morgan fingerprint density at radius 3 is 2.44 bits per heavy atom. The number of aromatic hydroxyl groups is 1. The van der Waals surface area contributed by atoms with E-state index >= 15 is 0 Å². The predicted molar refractivity (Wildman–Crippen MR) is 59.6 cm³/mol. The summed E-state index contributed by atoms with van der Waals surface area (Å²) in [4.78, 5) is 0.127. The molecule has 0 radical (unpaired) electrons. The fraction of sp³-hybridized carbons (Fsp3) is 0.273. The highest BCUT2D eigenvalue weighted by Gasteiger charge is 2.34. The molecule has 0 atom stereocenters. The van der Waals surface area contributed by atoms with E-state index in [4.69, 9.17) is 0 Å². The van der Waals surface area contributed by atoms with E-state index in [9.17, 15) is 18.6 Å². The van der Waals surface area contributed by atoms with E-state index in [-0.39, 0.29) is 10.6 Å². The van der Waals surface area contributed by atoms with Crippen LogP contribution in [0.1, 0.15) is 19.4 Å². The number of phenols is 1. The van der Waals surface area contributed by atoms with Gasteiger partial charge in [-0.05, 0) is 32.0 Å². The van der Waals surface area contributed by atoms with Crippen molar-refractivity contribution in [2.45, 2.75) is 24.3 Å². The molecule has 0 aliphatic carbocycles. The van der Waals surface area contributed by atoms with Crippen LogP contribution in [0.5, 0.6) is 5.75 Å². The van der Waals surface area contributed by atoms with E-state index in [1.54, 1.807) is 0 Å². The standard InChI is InChI=1S/C11H12O4S/c1-11(2,13)9-6-16(14,15)10-4-3-7(12)5-8(9)10/h3-6,12-13H,1-2H3. The highest BCUT2D eigenvalue weighted by atomic mass is 32.2. The van der Waals surface area contributed by atoms with Gasteiger partial charge in [0, 0.05) is 16.5 Å². The molecule has 16 heavy (non-hydrogen) atoms. The number of aliphatic hydroxyl groups is 1. The molecule has 0 saturated carbocycles. The van der Waals surface area contributed by atoms with Crippen molar-refractivity contribution in [1.29, 1.82) is 0 Å². The van der Waals surface area contributed by atoms with Gasteiger partial charge in [-0.3, -0.25) is 0 Å². The molecule has 0 fully saturated rings. The summed E-state index contributed by atoms with van der Waals surface area (Å²) in [6.45, 7) is 3.01. The number of hydrogen-bond acceptors (Lipinski definition) is 4. The summed E-state index contributed by atoms with van der Waals surface area (Å²) >= 11 is 0. The lowest BCUT2D eigenvalue weighted by molar-refractivity contribution is 0.144. The van der Waals surface area contributed by atoms with Gasteiger partial charge in [0.25, 0.3) is 0 Å². The second kappa shape index (κ2) is 3.09. The molecule has 1 aromatic rings. The predicted octanol–water partition coefficient (Wildman–Crippen LogP) is 1.29. The van der Waals surface area contributed by atoms with Gasteiger partial charge in [0.2, 0.25) is 9.84 Å². The number of sulfone groups is 1. The molecule has 1 aromatic carbocycles. The Hall–Kier alpha value is -1.33. The van der Waals surface area contributed by atoms with Crippen LogP contribution >= 0.6 is 0 Å². The molecule has 0 bridgehead atoms. The van der Waals surface area contributed by atoms with Crippen LogP contribution in [0.4, 0.5) is 0 Å². The third kappa shape index (κ3) is 1.62. The van der Waals surface area contributed by atoms with Crippen LogP contribution in [0, 0.1) is 0 Å². The zero-order valence-electron chi connectivity index (χ0n) is 8.93. The van der Waals surface area contributed by atoms with Gasteiger partial charge < -0.3 is 10.2 Å². The Morgan fingerprint density at radius 2 is 1.88 bits per heavy atom. The SMILES string of the molecule is CC(C)(O)C1=CS(=O)(=O)c2ccc(O)cc21. The maximum Gasteiger partial charge on any atom is 0.200 e. The van der Waals surface area contributed by atoms with E-state index in [0.717, 1.165) is 5.41 Å². The minimum absolute atomic E-state index is 0.0222. The normalized spacial score (nSPS) is 18.1. The first-order valence-electron chi connectivity index (χ1n) is 4.75. The summed E-state index contributed by atoms with van der Waals surface area (Å²) in [5, 5.41) is 20.3. The average Bonchev–Trinajstić information content (AvgIpc) is 2.37. The van der Waals surface area contributed by atoms with Crippen molar-refractivity contribution in [1.82, 2.24) is 0 Å². The molecule has 1 heterocycles. The van der Waals surface area contributed by atoms with Gasteiger partial charge in [-0.25, -0.2) is 8.42 Å². The minimum atomic E-state index is -3.49. The van der Waals surface area contributed by atoms with Crippen molar-refractivity contribution in [2.24, 2.45) is 0 Å². The first kappa shape index (κ1) is 11.2. The third-order valence-corrected chi connectivity index (χ3v) is 4.01. The van der Waals surface area contributed by atoms with E-state index in [1.165, 1.54) is 32.0 Å². The van der Waals surface area contributed by atoms with Crippen molar-refractivity contribution >= 4 is 15.4 Å². The number of rotatable bonds is 1. The van der Waals surface area contributed by atoms with Gasteiger partial charge in [0.05, 0.1) is 10.5 Å². The van der Waals surface area contributed by atoms with Gasteiger partial charge in [0.1, 0.15) is 5.75 Å². The van der Waals surface area contributed by atoms with Crippen LogP contribution in [0.2, 0.25) is 0 Å². The van der Waals surface area contributed by atoms with E-state index in [0.29, 0.717) is 11.1 Å². The van der Waals surface area contributed by atoms with Crippen LogP contribution in [-0.4, -0.2) is 24.2 Å². The maximum absolute atomic E-state index is 11.8. The van der Waals surface area contributed by atoms with Crippen molar-refractivity contribution in [3.05, 3.63) is 29.2 Å². The Labute approximate surface area is 93.8 Å². The number of benzene rings is 1. The summed E-state index contributed by atoms with van der Waals surface area (Å²) in [7, 11) is -3.49. The molecule has 4 nitrogen and oxygen atoms in total. The summed E-state index contributed by atoms with van der Waals surface area (Å²) in [5.74, 6) is -0.0222. The first-order chi connectivity index (χ1) is 7.22. The van der Waals surface area contributed by atoms with E-state index in [2.05, 4.69) is 0 Å². The summed E-state index contributed by atoms with van der Waals surface area (Å²) in [5.41, 5.74) is -0.586. The third-order valence-electron chi connectivity index (χ3n) is 2.49. The quantitative estimate of drug-likeness (QED) is 0.775. The van der Waals surface area contributed by atoms with E-state index < -0.39 is 15.4 Å². The second-order valence-electron chi connectivity index (χ2n) is 4.32. The largest absolute Gasteiger partial charge is 0.508 e. The summed E-state index contributed by atoms with van der Waals surface area (Å²) in [6.07, 6.45) is 0. The van der Waals surface area contributed by atoms with E-state index in [1.807, 2.05) is 0 Å². The van der Waals surface area contributed by atoms with Crippen molar-refractivity contribution in [3.8, 4) is 5.75 Å². The van der Waals surface area contributed by atoms with Crippen LogP contribution in [0.15, 0.2) is 28.5 Å². The average molecular weight is 240 g/mol. The van der Waals surface area contributed by atoms with Crippen LogP contribution in [0.3, 0.4) is 0 Å². The molecule has 1 aliphatic rings. The first-order valence-corrected chi connectivity index (χ1v) is 6.29. The highest BCUT2D eigenvalue weighted by molar-refractivity contribution is 7.95. The molecule has 0 unspecified atom stereocenters. The van der Waals surface area contributed by atoms with Crippen molar-refractivity contribution in [3.63, 3.8) is 0 Å². The Bertz CT molecular complexity index is 576. The lowest BCUT2D eigenvalue weighted by Crippen LogP contribution is -2.19. The highest BCUT2D eigenvalue weighted by Crippen LogP contribution is 2.40. The zero-order valence-corrected chi connectivity index (χ0v) is 9.75. The van der Waals surface area contributed by atoms with Crippen LogP contribution in [0.25, 0.3) is 5.57 Å². The zero-order chi connectivity index (χ0) is 12.1. The molecule has 86 valence electrons. The number of fused-ring (bicyclic) bond motifs is 1. The molecule has 1 aliphatic heterocycles. The smallest absolute Gasteiger partial charge is 0.200 e. The lowest BCUT2D eigenvalue weighted by atomic mass is 9.93. The molecule has 5 heteroatoms. The minimum Gasteiger partial charge on any atom is -0.508 e. The molecule has 2 rings (SSSR count). The van der Waals surface area contributed by atoms with Crippen molar-refractivity contribution in [2.75, 3.05) is 0 Å².